The van der Waals surface area contributed by atoms with E-state index >= 15 is 0 Å². The Hall–Kier alpha value is -1.34. The Morgan fingerprint density at radius 3 is 2.52 bits per heavy atom. The van der Waals surface area contributed by atoms with E-state index in [1.165, 1.54) is 35.6 Å². The van der Waals surface area contributed by atoms with Crippen LogP contribution in [-0.4, -0.2) is 12.6 Å². The van der Waals surface area contributed by atoms with E-state index in [-0.39, 0.29) is 0 Å². The van der Waals surface area contributed by atoms with E-state index in [1.54, 1.807) is 0 Å². The summed E-state index contributed by atoms with van der Waals surface area (Å²) in [4.78, 5) is 0. The van der Waals surface area contributed by atoms with Gasteiger partial charge in [0.05, 0.1) is 0 Å². The maximum absolute atomic E-state index is 3.68. The van der Waals surface area contributed by atoms with Crippen molar-refractivity contribution in [1.82, 2.24) is 5.32 Å². The zero-order valence-electron chi connectivity index (χ0n) is 13.5. The number of benzene rings is 2. The predicted octanol–water partition coefficient (Wildman–Crippen LogP) is 4.80. The molecule has 1 nitrogen and oxygen atoms in total. The second kappa shape index (κ2) is 5.81. The highest BCUT2D eigenvalue weighted by molar-refractivity contribution is 5.85. The van der Waals surface area contributed by atoms with Gasteiger partial charge in [-0.25, -0.2) is 0 Å². The van der Waals surface area contributed by atoms with Crippen LogP contribution in [0.5, 0.6) is 0 Å². The highest BCUT2D eigenvalue weighted by Crippen LogP contribution is 2.47. The van der Waals surface area contributed by atoms with Crippen LogP contribution in [0.15, 0.2) is 42.5 Å². The molecule has 2 aromatic rings. The maximum atomic E-state index is 3.68. The van der Waals surface area contributed by atoms with Gasteiger partial charge >= 0.3 is 0 Å². The number of hydrogen-bond acceptors (Lipinski definition) is 1. The molecule has 1 fully saturated rings. The van der Waals surface area contributed by atoms with E-state index in [1.807, 2.05) is 0 Å². The fraction of sp³-hybridized carbons (Fsp3) is 0.500. The molecule has 0 saturated heterocycles. The number of rotatable bonds is 6. The Morgan fingerprint density at radius 2 is 1.81 bits per heavy atom. The Kier molecular flexibility index (Phi) is 4.03. The lowest BCUT2D eigenvalue weighted by Crippen LogP contribution is -2.38. The smallest absolute Gasteiger partial charge is 0.00134 e. The zero-order chi connectivity index (χ0) is 14.9. The first kappa shape index (κ1) is 14.6. The summed E-state index contributed by atoms with van der Waals surface area (Å²) in [5.41, 5.74) is 1.89. The molecular formula is C20H27N. The summed E-state index contributed by atoms with van der Waals surface area (Å²) in [6.45, 7) is 8.08. The van der Waals surface area contributed by atoms with E-state index in [0.717, 1.165) is 12.5 Å². The molecule has 1 heteroatoms. The second-order valence-corrected chi connectivity index (χ2v) is 7.28. The van der Waals surface area contributed by atoms with Crippen molar-refractivity contribution in [2.75, 3.05) is 6.54 Å². The van der Waals surface area contributed by atoms with Gasteiger partial charge in [0.15, 0.2) is 0 Å². The van der Waals surface area contributed by atoms with E-state index < -0.39 is 0 Å². The van der Waals surface area contributed by atoms with Gasteiger partial charge in [0, 0.05) is 12.6 Å². The maximum Gasteiger partial charge on any atom is 0.00134 e. The highest BCUT2D eigenvalue weighted by atomic mass is 14.9. The lowest BCUT2D eigenvalue weighted by atomic mass is 9.77. The summed E-state index contributed by atoms with van der Waals surface area (Å²) in [6, 6.07) is 16.1. The van der Waals surface area contributed by atoms with Crippen LogP contribution in [0.25, 0.3) is 10.8 Å². The molecule has 0 spiro atoms. The van der Waals surface area contributed by atoms with Gasteiger partial charge in [-0.1, -0.05) is 63.2 Å². The first-order valence-corrected chi connectivity index (χ1v) is 8.28. The lowest BCUT2D eigenvalue weighted by Gasteiger charge is -2.32. The minimum Gasteiger partial charge on any atom is -0.314 e. The van der Waals surface area contributed by atoms with E-state index in [4.69, 9.17) is 0 Å². The highest BCUT2D eigenvalue weighted by Gasteiger charge is 2.41. The molecule has 0 radical (unpaired) electrons. The van der Waals surface area contributed by atoms with Crippen molar-refractivity contribution in [3.63, 3.8) is 0 Å². The van der Waals surface area contributed by atoms with Gasteiger partial charge in [0.2, 0.25) is 0 Å². The average Bonchev–Trinajstić information content (AvgIpc) is 3.31. The van der Waals surface area contributed by atoms with Gasteiger partial charge in [-0.2, -0.15) is 0 Å². The monoisotopic (exact) mass is 281 g/mol. The molecule has 21 heavy (non-hydrogen) atoms. The number of fused-ring (bicyclic) bond motifs is 1. The van der Waals surface area contributed by atoms with Crippen LogP contribution in [0.2, 0.25) is 0 Å². The molecule has 1 atom stereocenters. The summed E-state index contributed by atoms with van der Waals surface area (Å²) >= 11 is 0. The quantitative estimate of drug-likeness (QED) is 0.802. The van der Waals surface area contributed by atoms with E-state index in [0.29, 0.717) is 11.5 Å². The SMILES string of the molecule is CC(C)NCC(C)(Cc1cccc2ccccc12)C1CC1. The minimum absolute atomic E-state index is 0.383. The second-order valence-electron chi connectivity index (χ2n) is 7.28. The Balaban J connectivity index is 1.87. The summed E-state index contributed by atoms with van der Waals surface area (Å²) in [5, 5.41) is 6.47. The molecule has 2 aromatic carbocycles. The Bertz CT molecular complexity index is 607. The lowest BCUT2D eigenvalue weighted by molar-refractivity contribution is 0.249. The van der Waals surface area contributed by atoms with Gasteiger partial charge in [0.25, 0.3) is 0 Å². The molecular weight excluding hydrogens is 254 g/mol. The van der Waals surface area contributed by atoms with Crippen LogP contribution in [0, 0.1) is 11.3 Å². The van der Waals surface area contributed by atoms with Gasteiger partial charge in [-0.3, -0.25) is 0 Å². The molecule has 0 heterocycles. The van der Waals surface area contributed by atoms with Crippen molar-refractivity contribution in [3.05, 3.63) is 48.0 Å². The molecule has 112 valence electrons. The van der Waals surface area contributed by atoms with E-state index in [2.05, 4.69) is 68.6 Å². The molecule has 0 bridgehead atoms. The fourth-order valence-corrected chi connectivity index (χ4v) is 3.45. The molecule has 1 N–H and O–H groups in total. The molecule has 0 amide bonds. The van der Waals surface area contributed by atoms with Crippen LogP contribution in [0.3, 0.4) is 0 Å². The molecule has 1 unspecified atom stereocenters. The van der Waals surface area contributed by atoms with Crippen LogP contribution < -0.4 is 5.32 Å². The van der Waals surface area contributed by atoms with Gasteiger partial charge < -0.3 is 5.32 Å². The largest absolute Gasteiger partial charge is 0.314 e. The fourth-order valence-electron chi connectivity index (χ4n) is 3.45. The molecule has 0 aromatic heterocycles. The first-order chi connectivity index (χ1) is 10.1. The third kappa shape index (κ3) is 3.29. The average molecular weight is 281 g/mol. The summed E-state index contributed by atoms with van der Waals surface area (Å²) in [5.74, 6) is 0.891. The molecule has 0 aliphatic heterocycles. The van der Waals surface area contributed by atoms with Crippen molar-refractivity contribution in [2.45, 2.75) is 46.1 Å². The van der Waals surface area contributed by atoms with Gasteiger partial charge in [-0.05, 0) is 46.9 Å². The van der Waals surface area contributed by atoms with Crippen LogP contribution in [0.4, 0.5) is 0 Å². The van der Waals surface area contributed by atoms with Gasteiger partial charge in [0.1, 0.15) is 0 Å². The molecule has 3 rings (SSSR count). The Morgan fingerprint density at radius 1 is 1.10 bits per heavy atom. The van der Waals surface area contributed by atoms with E-state index in [9.17, 15) is 0 Å². The Labute approximate surface area is 128 Å². The molecule has 1 aliphatic rings. The third-order valence-electron chi connectivity index (χ3n) is 4.95. The van der Waals surface area contributed by atoms with Crippen molar-refractivity contribution in [1.29, 1.82) is 0 Å². The molecule has 1 saturated carbocycles. The van der Waals surface area contributed by atoms with Crippen molar-refractivity contribution in [2.24, 2.45) is 11.3 Å². The van der Waals surface area contributed by atoms with Crippen molar-refractivity contribution >= 4 is 10.8 Å². The minimum atomic E-state index is 0.383. The summed E-state index contributed by atoms with van der Waals surface area (Å²) in [6.07, 6.45) is 3.99. The number of nitrogens with one attached hydrogen (secondary N) is 1. The normalized spacial score (nSPS) is 18.1. The van der Waals surface area contributed by atoms with Crippen molar-refractivity contribution < 1.29 is 0 Å². The number of hydrogen-bond donors (Lipinski definition) is 1. The van der Waals surface area contributed by atoms with Gasteiger partial charge in [-0.15, -0.1) is 0 Å². The topological polar surface area (TPSA) is 12.0 Å². The van der Waals surface area contributed by atoms with Crippen LogP contribution in [0.1, 0.15) is 39.2 Å². The summed E-state index contributed by atoms with van der Waals surface area (Å²) in [7, 11) is 0. The third-order valence-corrected chi connectivity index (χ3v) is 4.95. The van der Waals surface area contributed by atoms with Crippen LogP contribution >= 0.6 is 0 Å². The molecule has 1 aliphatic carbocycles. The first-order valence-electron chi connectivity index (χ1n) is 8.28. The predicted molar refractivity (Wildman–Crippen MR) is 91.6 cm³/mol. The summed E-state index contributed by atoms with van der Waals surface area (Å²) < 4.78 is 0. The van der Waals surface area contributed by atoms with Crippen LogP contribution in [-0.2, 0) is 6.42 Å². The van der Waals surface area contributed by atoms with Crippen molar-refractivity contribution in [3.8, 4) is 0 Å². The zero-order valence-corrected chi connectivity index (χ0v) is 13.5. The standard InChI is InChI=1S/C20H27N/c1-15(2)21-14-20(3,18-11-12-18)13-17-9-6-8-16-7-4-5-10-19(16)17/h4-10,15,18,21H,11-14H2,1-3H3.